The van der Waals surface area contributed by atoms with Gasteiger partial charge in [-0.15, -0.1) is 0 Å². The van der Waals surface area contributed by atoms with Gasteiger partial charge in [0.05, 0.1) is 17.2 Å². The fraction of sp³-hybridized carbons (Fsp3) is 0.533. The molecular formula is C15H20ClFN2O3S. The van der Waals surface area contributed by atoms with Crippen molar-refractivity contribution < 1.29 is 18.7 Å². The summed E-state index contributed by atoms with van der Waals surface area (Å²) < 4.78 is 24.3. The number of hydrogen-bond acceptors (Lipinski definition) is 5. The van der Waals surface area contributed by atoms with Gasteiger partial charge in [-0.2, -0.15) is 4.83 Å². The lowest BCUT2D eigenvalue weighted by atomic mass is 10.0. The van der Waals surface area contributed by atoms with Gasteiger partial charge in [0.25, 0.3) is 5.91 Å². The molecule has 2 N–H and O–H groups in total. The molecule has 1 amide bonds. The standard InChI is InChI=1S/C15H20ClFN2O3S/c1-21-8-11-6-12(14(17)13(16)7-11)15(20)18-19-23-9-10-2-4-22-5-3-10/h6-7,10,19H,2-5,8-9H2,1H3,(H,18,20). The molecule has 0 bridgehead atoms. The van der Waals surface area contributed by atoms with Crippen LogP contribution >= 0.6 is 23.5 Å². The lowest BCUT2D eigenvalue weighted by Gasteiger charge is -2.21. The lowest BCUT2D eigenvalue weighted by molar-refractivity contribution is 0.0727. The minimum Gasteiger partial charge on any atom is -0.381 e. The van der Waals surface area contributed by atoms with Crippen LogP contribution < -0.4 is 10.3 Å². The second-order valence-electron chi connectivity index (χ2n) is 5.30. The molecule has 0 unspecified atom stereocenters. The molecule has 0 atom stereocenters. The van der Waals surface area contributed by atoms with Crippen molar-refractivity contribution in [2.24, 2.45) is 5.92 Å². The molecule has 0 spiro atoms. The average Bonchev–Trinajstić information content (AvgIpc) is 2.56. The van der Waals surface area contributed by atoms with Crippen molar-refractivity contribution in [3.8, 4) is 0 Å². The van der Waals surface area contributed by atoms with E-state index in [4.69, 9.17) is 21.1 Å². The van der Waals surface area contributed by atoms with Gasteiger partial charge in [-0.25, -0.2) is 4.39 Å². The van der Waals surface area contributed by atoms with E-state index in [0.717, 1.165) is 31.8 Å². The Morgan fingerprint density at radius 1 is 1.48 bits per heavy atom. The van der Waals surface area contributed by atoms with E-state index in [9.17, 15) is 9.18 Å². The molecule has 128 valence electrons. The summed E-state index contributed by atoms with van der Waals surface area (Å²) in [7, 11) is 1.52. The summed E-state index contributed by atoms with van der Waals surface area (Å²) in [6.07, 6.45) is 2.04. The number of hydrogen-bond donors (Lipinski definition) is 2. The van der Waals surface area contributed by atoms with E-state index in [1.807, 2.05) is 0 Å². The molecule has 0 radical (unpaired) electrons. The zero-order valence-corrected chi connectivity index (χ0v) is 14.4. The van der Waals surface area contributed by atoms with Crippen molar-refractivity contribution in [2.45, 2.75) is 19.4 Å². The number of methoxy groups -OCH3 is 1. The molecule has 1 saturated heterocycles. The Labute approximate surface area is 144 Å². The third kappa shape index (κ3) is 5.61. The van der Waals surface area contributed by atoms with Gasteiger partial charge in [-0.05, 0) is 36.5 Å². The van der Waals surface area contributed by atoms with Crippen LogP contribution in [0.1, 0.15) is 28.8 Å². The van der Waals surface area contributed by atoms with Crippen LogP contribution in [0.25, 0.3) is 0 Å². The smallest absolute Gasteiger partial charge is 0.269 e. The first-order valence-corrected chi connectivity index (χ1v) is 8.70. The number of carbonyl (C=O) groups excluding carboxylic acids is 1. The van der Waals surface area contributed by atoms with E-state index < -0.39 is 11.7 Å². The molecular weight excluding hydrogens is 343 g/mol. The number of benzene rings is 1. The second-order valence-corrected chi connectivity index (χ2v) is 6.53. The number of carbonyl (C=O) groups is 1. The number of hydrazine groups is 1. The van der Waals surface area contributed by atoms with Crippen molar-refractivity contribution in [3.05, 3.63) is 34.1 Å². The van der Waals surface area contributed by atoms with E-state index in [1.54, 1.807) is 0 Å². The first-order valence-electron chi connectivity index (χ1n) is 7.33. The Bertz CT molecular complexity index is 542. The first-order chi connectivity index (χ1) is 11.1. The van der Waals surface area contributed by atoms with Gasteiger partial charge >= 0.3 is 0 Å². The van der Waals surface area contributed by atoms with E-state index in [0.29, 0.717) is 11.5 Å². The summed E-state index contributed by atoms with van der Waals surface area (Å²) in [5, 5.41) is -0.0976. The fourth-order valence-corrected chi connectivity index (χ4v) is 3.34. The zero-order valence-electron chi connectivity index (χ0n) is 12.9. The van der Waals surface area contributed by atoms with Crippen LogP contribution in [0.4, 0.5) is 4.39 Å². The van der Waals surface area contributed by atoms with Gasteiger partial charge in [0, 0.05) is 26.1 Å². The van der Waals surface area contributed by atoms with Crippen LogP contribution in [0, 0.1) is 11.7 Å². The molecule has 1 aromatic carbocycles. The predicted octanol–water partition coefficient (Wildman–Crippen LogP) is 2.93. The zero-order chi connectivity index (χ0) is 16.7. The summed E-state index contributed by atoms with van der Waals surface area (Å²) in [4.78, 5) is 14.8. The van der Waals surface area contributed by atoms with E-state index in [1.165, 1.54) is 31.2 Å². The number of amides is 1. The molecule has 1 aromatic rings. The van der Waals surface area contributed by atoms with Gasteiger partial charge in [0.2, 0.25) is 0 Å². The topological polar surface area (TPSA) is 59.6 Å². The highest BCUT2D eigenvalue weighted by Gasteiger charge is 2.17. The van der Waals surface area contributed by atoms with Crippen LogP contribution in [-0.2, 0) is 16.1 Å². The summed E-state index contributed by atoms with van der Waals surface area (Å²) in [6.45, 7) is 1.83. The molecule has 23 heavy (non-hydrogen) atoms. The molecule has 8 heteroatoms. The van der Waals surface area contributed by atoms with Gasteiger partial charge in [0.1, 0.15) is 0 Å². The normalized spacial score (nSPS) is 15.6. The van der Waals surface area contributed by atoms with Crippen molar-refractivity contribution in [2.75, 3.05) is 26.1 Å². The van der Waals surface area contributed by atoms with Gasteiger partial charge < -0.3 is 9.47 Å². The molecule has 1 aliphatic heterocycles. The molecule has 1 heterocycles. The van der Waals surface area contributed by atoms with Crippen LogP contribution in [-0.4, -0.2) is 32.0 Å². The van der Waals surface area contributed by atoms with Crippen LogP contribution in [0.5, 0.6) is 0 Å². The number of rotatable bonds is 7. The van der Waals surface area contributed by atoms with Gasteiger partial charge in [0.15, 0.2) is 5.82 Å². The SMILES string of the molecule is COCc1cc(Cl)c(F)c(C(=O)NNSCC2CCOCC2)c1. The van der Waals surface area contributed by atoms with Crippen molar-refractivity contribution >= 4 is 29.5 Å². The van der Waals surface area contributed by atoms with Crippen molar-refractivity contribution in [3.63, 3.8) is 0 Å². The molecule has 0 saturated carbocycles. The molecule has 5 nitrogen and oxygen atoms in total. The largest absolute Gasteiger partial charge is 0.381 e. The number of halogens is 2. The van der Waals surface area contributed by atoms with E-state index in [2.05, 4.69) is 10.3 Å². The molecule has 0 aliphatic carbocycles. The molecule has 1 aliphatic rings. The maximum atomic E-state index is 14.0. The highest BCUT2D eigenvalue weighted by Crippen LogP contribution is 2.22. The van der Waals surface area contributed by atoms with Gasteiger partial charge in [-0.3, -0.25) is 10.2 Å². The molecule has 1 fully saturated rings. The van der Waals surface area contributed by atoms with E-state index in [-0.39, 0.29) is 17.2 Å². The van der Waals surface area contributed by atoms with Crippen molar-refractivity contribution in [1.82, 2.24) is 10.3 Å². The molecule has 0 aromatic heterocycles. The minimum atomic E-state index is -0.736. The van der Waals surface area contributed by atoms with Gasteiger partial charge in [-0.1, -0.05) is 23.5 Å². The summed E-state index contributed by atoms with van der Waals surface area (Å²) in [5.41, 5.74) is 3.01. The number of nitrogens with one attached hydrogen (secondary N) is 2. The molecule has 2 rings (SSSR count). The summed E-state index contributed by atoms with van der Waals surface area (Å²) in [6, 6.07) is 2.88. The monoisotopic (exact) mass is 362 g/mol. The Hall–Kier alpha value is -0.860. The Kier molecular flexibility index (Phi) is 7.58. The quantitative estimate of drug-likeness (QED) is 0.443. The van der Waals surface area contributed by atoms with Crippen LogP contribution in [0.3, 0.4) is 0 Å². The second kappa shape index (κ2) is 9.44. The maximum Gasteiger partial charge on any atom is 0.269 e. The third-order valence-corrected chi connectivity index (χ3v) is 4.70. The summed E-state index contributed by atoms with van der Waals surface area (Å²) >= 11 is 7.20. The van der Waals surface area contributed by atoms with Crippen molar-refractivity contribution in [1.29, 1.82) is 0 Å². The lowest BCUT2D eigenvalue weighted by Crippen LogP contribution is -2.34. The maximum absolute atomic E-state index is 14.0. The third-order valence-electron chi connectivity index (χ3n) is 3.54. The number of ether oxygens (including phenoxy) is 2. The Morgan fingerprint density at radius 2 is 2.22 bits per heavy atom. The predicted molar refractivity (Wildman–Crippen MR) is 88.7 cm³/mol. The Balaban J connectivity index is 1.84. The average molecular weight is 363 g/mol. The van der Waals surface area contributed by atoms with Crippen LogP contribution in [0.2, 0.25) is 5.02 Å². The fourth-order valence-electron chi connectivity index (χ4n) is 2.28. The highest BCUT2D eigenvalue weighted by molar-refractivity contribution is 7.97. The van der Waals surface area contributed by atoms with E-state index >= 15 is 0 Å². The Morgan fingerprint density at radius 3 is 2.91 bits per heavy atom. The van der Waals surface area contributed by atoms with Crippen LogP contribution in [0.15, 0.2) is 12.1 Å². The highest BCUT2D eigenvalue weighted by atomic mass is 35.5. The summed E-state index contributed by atoms with van der Waals surface area (Å²) in [5.74, 6) is 0.118. The first kappa shape index (κ1) is 18.5. The minimum absolute atomic E-state index is 0.0976.